The predicted octanol–water partition coefficient (Wildman–Crippen LogP) is 3.11. The number of rotatable bonds is 4. The van der Waals surface area contributed by atoms with E-state index in [4.69, 9.17) is 5.84 Å². The van der Waals surface area contributed by atoms with E-state index < -0.39 is 0 Å². The van der Waals surface area contributed by atoms with Gasteiger partial charge in [-0.25, -0.2) is 0 Å². The maximum Gasteiger partial charge on any atom is 0.0488 e. The minimum Gasteiger partial charge on any atom is -0.271 e. The molecule has 2 heteroatoms. The van der Waals surface area contributed by atoms with Gasteiger partial charge in [0, 0.05) is 6.04 Å². The first-order chi connectivity index (χ1) is 7.72. The molecule has 2 rings (SSSR count). The highest BCUT2D eigenvalue weighted by Crippen LogP contribution is 2.37. The first kappa shape index (κ1) is 11.6. The number of hydrogen-bond acceptors (Lipinski definition) is 2. The first-order valence-corrected chi connectivity index (χ1v) is 6.28. The molecule has 3 N–H and O–H groups in total. The van der Waals surface area contributed by atoms with Crippen LogP contribution in [0.4, 0.5) is 0 Å². The van der Waals surface area contributed by atoms with Crippen LogP contribution in [0.3, 0.4) is 0 Å². The zero-order valence-corrected chi connectivity index (χ0v) is 10.2. The third kappa shape index (κ3) is 2.28. The molecule has 1 aliphatic carbocycles. The van der Waals surface area contributed by atoms with Gasteiger partial charge in [-0.2, -0.15) is 0 Å². The summed E-state index contributed by atoms with van der Waals surface area (Å²) < 4.78 is 0. The van der Waals surface area contributed by atoms with Crippen LogP contribution in [0.2, 0.25) is 0 Å². The SMILES string of the molecule is CC(C)c1ccc(C(NN)C2CCC2)cc1. The van der Waals surface area contributed by atoms with Gasteiger partial charge in [0.1, 0.15) is 0 Å². The van der Waals surface area contributed by atoms with E-state index in [1.807, 2.05) is 0 Å². The monoisotopic (exact) mass is 218 g/mol. The fourth-order valence-corrected chi connectivity index (χ4v) is 2.37. The molecular weight excluding hydrogens is 196 g/mol. The molecule has 16 heavy (non-hydrogen) atoms. The number of hydrogen-bond donors (Lipinski definition) is 2. The maximum atomic E-state index is 5.66. The van der Waals surface area contributed by atoms with Crippen LogP contribution < -0.4 is 11.3 Å². The molecule has 1 atom stereocenters. The van der Waals surface area contributed by atoms with Crippen molar-refractivity contribution in [3.05, 3.63) is 35.4 Å². The van der Waals surface area contributed by atoms with Gasteiger partial charge in [-0.1, -0.05) is 44.5 Å². The first-order valence-electron chi connectivity index (χ1n) is 6.28. The van der Waals surface area contributed by atoms with Crippen LogP contribution in [0.1, 0.15) is 56.2 Å². The lowest BCUT2D eigenvalue weighted by Crippen LogP contribution is -2.36. The van der Waals surface area contributed by atoms with Crippen molar-refractivity contribution in [1.82, 2.24) is 5.43 Å². The summed E-state index contributed by atoms with van der Waals surface area (Å²) >= 11 is 0. The summed E-state index contributed by atoms with van der Waals surface area (Å²) in [6.45, 7) is 4.44. The molecule has 1 saturated carbocycles. The average molecular weight is 218 g/mol. The van der Waals surface area contributed by atoms with Crippen molar-refractivity contribution in [2.75, 3.05) is 0 Å². The summed E-state index contributed by atoms with van der Waals surface area (Å²) in [4.78, 5) is 0. The van der Waals surface area contributed by atoms with Crippen molar-refractivity contribution in [3.8, 4) is 0 Å². The van der Waals surface area contributed by atoms with E-state index in [1.54, 1.807) is 0 Å². The number of nitrogens with one attached hydrogen (secondary N) is 1. The summed E-state index contributed by atoms with van der Waals surface area (Å²) in [6, 6.07) is 9.23. The van der Waals surface area contributed by atoms with Crippen LogP contribution in [-0.2, 0) is 0 Å². The lowest BCUT2D eigenvalue weighted by Gasteiger charge is -2.33. The highest BCUT2D eigenvalue weighted by atomic mass is 15.2. The van der Waals surface area contributed by atoms with Crippen molar-refractivity contribution < 1.29 is 0 Å². The Bertz CT molecular complexity index is 325. The summed E-state index contributed by atoms with van der Waals surface area (Å²) in [5, 5.41) is 0. The van der Waals surface area contributed by atoms with E-state index in [9.17, 15) is 0 Å². The average Bonchev–Trinajstić information content (AvgIpc) is 2.23. The van der Waals surface area contributed by atoms with E-state index in [-0.39, 0.29) is 0 Å². The van der Waals surface area contributed by atoms with Gasteiger partial charge in [-0.3, -0.25) is 11.3 Å². The molecule has 0 aliphatic heterocycles. The van der Waals surface area contributed by atoms with Crippen molar-refractivity contribution in [1.29, 1.82) is 0 Å². The van der Waals surface area contributed by atoms with Gasteiger partial charge >= 0.3 is 0 Å². The Balaban J connectivity index is 2.12. The number of hydrazine groups is 1. The summed E-state index contributed by atoms with van der Waals surface area (Å²) in [7, 11) is 0. The van der Waals surface area contributed by atoms with Crippen molar-refractivity contribution in [3.63, 3.8) is 0 Å². The Morgan fingerprint density at radius 2 is 1.69 bits per heavy atom. The van der Waals surface area contributed by atoms with Crippen LogP contribution >= 0.6 is 0 Å². The summed E-state index contributed by atoms with van der Waals surface area (Å²) in [5.41, 5.74) is 5.70. The minimum atomic E-state index is 0.343. The molecule has 2 nitrogen and oxygen atoms in total. The van der Waals surface area contributed by atoms with Crippen LogP contribution in [0.5, 0.6) is 0 Å². The van der Waals surface area contributed by atoms with Gasteiger partial charge in [0.05, 0.1) is 0 Å². The lowest BCUT2D eigenvalue weighted by atomic mass is 9.77. The molecule has 1 unspecified atom stereocenters. The smallest absolute Gasteiger partial charge is 0.0488 e. The standard InChI is InChI=1S/C14H22N2/c1-10(2)11-6-8-13(9-7-11)14(16-15)12-4-3-5-12/h6-10,12,14,16H,3-5,15H2,1-2H3. The van der Waals surface area contributed by atoms with Gasteiger partial charge in [-0.05, 0) is 35.8 Å². The Kier molecular flexibility index (Phi) is 3.62. The van der Waals surface area contributed by atoms with E-state index in [2.05, 4.69) is 43.5 Å². The van der Waals surface area contributed by atoms with E-state index in [1.165, 1.54) is 30.4 Å². The fraction of sp³-hybridized carbons (Fsp3) is 0.571. The van der Waals surface area contributed by atoms with E-state index in [0.717, 1.165) is 5.92 Å². The normalized spacial score (nSPS) is 18.5. The molecule has 0 saturated heterocycles. The predicted molar refractivity (Wildman–Crippen MR) is 67.9 cm³/mol. The topological polar surface area (TPSA) is 38.0 Å². The second-order valence-electron chi connectivity index (χ2n) is 5.16. The molecule has 1 fully saturated rings. The van der Waals surface area contributed by atoms with E-state index >= 15 is 0 Å². The van der Waals surface area contributed by atoms with Crippen LogP contribution in [0.25, 0.3) is 0 Å². The van der Waals surface area contributed by atoms with Crippen molar-refractivity contribution in [2.24, 2.45) is 11.8 Å². The molecule has 0 heterocycles. The van der Waals surface area contributed by atoms with Gasteiger partial charge in [-0.15, -0.1) is 0 Å². The van der Waals surface area contributed by atoms with Gasteiger partial charge in [0.15, 0.2) is 0 Å². The third-order valence-electron chi connectivity index (χ3n) is 3.76. The highest BCUT2D eigenvalue weighted by Gasteiger charge is 2.27. The minimum absolute atomic E-state index is 0.343. The molecular formula is C14H22N2. The molecule has 1 aromatic carbocycles. The molecule has 0 radical (unpaired) electrons. The van der Waals surface area contributed by atoms with Gasteiger partial charge in [0.2, 0.25) is 0 Å². The Labute approximate surface area is 98.2 Å². The van der Waals surface area contributed by atoms with Crippen LogP contribution in [0, 0.1) is 5.92 Å². The van der Waals surface area contributed by atoms with Crippen LogP contribution in [0.15, 0.2) is 24.3 Å². The molecule has 1 aliphatic rings. The van der Waals surface area contributed by atoms with Gasteiger partial charge < -0.3 is 0 Å². The third-order valence-corrected chi connectivity index (χ3v) is 3.76. The molecule has 88 valence electrons. The van der Waals surface area contributed by atoms with Crippen molar-refractivity contribution in [2.45, 2.75) is 45.1 Å². The molecule has 1 aromatic rings. The molecule has 0 bridgehead atoms. The molecule has 0 amide bonds. The zero-order valence-electron chi connectivity index (χ0n) is 10.2. The van der Waals surface area contributed by atoms with Crippen molar-refractivity contribution >= 4 is 0 Å². The van der Waals surface area contributed by atoms with E-state index in [0.29, 0.717) is 12.0 Å². The quantitative estimate of drug-likeness (QED) is 0.602. The number of benzene rings is 1. The summed E-state index contributed by atoms with van der Waals surface area (Å²) in [6.07, 6.45) is 3.97. The Hall–Kier alpha value is -0.860. The van der Waals surface area contributed by atoms with Crippen LogP contribution in [-0.4, -0.2) is 0 Å². The summed E-state index contributed by atoms with van der Waals surface area (Å²) in [5.74, 6) is 6.99. The Morgan fingerprint density at radius 1 is 1.12 bits per heavy atom. The second kappa shape index (κ2) is 4.98. The number of nitrogens with two attached hydrogens (primary N) is 1. The highest BCUT2D eigenvalue weighted by molar-refractivity contribution is 5.27. The largest absolute Gasteiger partial charge is 0.271 e. The lowest BCUT2D eigenvalue weighted by molar-refractivity contribution is 0.232. The second-order valence-corrected chi connectivity index (χ2v) is 5.16. The van der Waals surface area contributed by atoms with Gasteiger partial charge in [0.25, 0.3) is 0 Å². The Morgan fingerprint density at radius 3 is 2.06 bits per heavy atom. The maximum absolute atomic E-state index is 5.66. The zero-order chi connectivity index (χ0) is 11.5. The fourth-order valence-electron chi connectivity index (χ4n) is 2.37. The molecule has 0 aromatic heterocycles. The molecule has 0 spiro atoms.